The van der Waals surface area contributed by atoms with E-state index in [4.69, 9.17) is 21.0 Å². The fourth-order valence-corrected chi connectivity index (χ4v) is 2.57. The normalized spacial score (nSPS) is 9.58. The van der Waals surface area contributed by atoms with Crippen molar-refractivity contribution in [2.75, 3.05) is 13.7 Å². The van der Waals surface area contributed by atoms with Gasteiger partial charge in [-0.25, -0.2) is 4.98 Å². The first-order valence-corrected chi connectivity index (χ1v) is 9.80. The first kappa shape index (κ1) is 25.6. The zero-order valence-corrected chi connectivity index (χ0v) is 18.1. The Balaban J connectivity index is 0.000000293. The minimum Gasteiger partial charge on any atom is -0.507 e. The van der Waals surface area contributed by atoms with Gasteiger partial charge in [-0.3, -0.25) is 4.98 Å². The molecule has 0 saturated carbocycles. The maximum Gasteiger partial charge on any atom is 0.124 e. The van der Waals surface area contributed by atoms with Crippen molar-refractivity contribution in [2.45, 2.75) is 26.7 Å². The van der Waals surface area contributed by atoms with Gasteiger partial charge >= 0.3 is 0 Å². The predicted molar refractivity (Wildman–Crippen MR) is 124 cm³/mol. The van der Waals surface area contributed by atoms with Crippen LogP contribution >= 0.6 is 0 Å². The van der Waals surface area contributed by atoms with Crippen molar-refractivity contribution >= 4 is 11.4 Å². The van der Waals surface area contributed by atoms with E-state index >= 15 is 0 Å². The van der Waals surface area contributed by atoms with E-state index in [1.54, 1.807) is 38.1 Å². The minimum atomic E-state index is 0.190. The third-order valence-corrected chi connectivity index (χ3v) is 4.10. The molecule has 2 aromatic heterocycles. The number of hydrogen-bond acceptors (Lipinski definition) is 7. The number of pyridine rings is 2. The van der Waals surface area contributed by atoms with Crippen LogP contribution in [0.3, 0.4) is 0 Å². The summed E-state index contributed by atoms with van der Waals surface area (Å²) >= 11 is 0. The zero-order chi connectivity index (χ0) is 23.2. The third-order valence-electron chi connectivity index (χ3n) is 4.10. The lowest BCUT2D eigenvalue weighted by Crippen LogP contribution is -2.00. The van der Waals surface area contributed by atoms with Crippen molar-refractivity contribution in [1.82, 2.24) is 9.97 Å². The molecule has 7 nitrogen and oxygen atoms in total. The predicted octanol–water partition coefficient (Wildman–Crippen LogP) is 3.84. The number of aromatic nitrogens is 2. The van der Waals surface area contributed by atoms with E-state index in [2.05, 4.69) is 9.97 Å². The average molecular weight is 423 g/mol. The largest absolute Gasteiger partial charge is 0.507 e. The van der Waals surface area contributed by atoms with E-state index in [1.807, 2.05) is 36.4 Å². The molecule has 3 aromatic rings. The summed E-state index contributed by atoms with van der Waals surface area (Å²) in [5, 5.41) is 40.3. The number of phenols is 1. The number of para-hydroxylation sites is 1. The van der Waals surface area contributed by atoms with Crippen LogP contribution in [-0.4, -0.2) is 50.4 Å². The number of benzene rings is 1. The highest BCUT2D eigenvalue weighted by atomic mass is 16.3. The highest BCUT2D eigenvalue weighted by Gasteiger charge is 2.06. The van der Waals surface area contributed by atoms with Crippen LogP contribution in [0.2, 0.25) is 0 Å². The van der Waals surface area contributed by atoms with Gasteiger partial charge in [0.25, 0.3) is 0 Å². The Kier molecular flexibility index (Phi) is 11.4. The molecule has 0 aliphatic heterocycles. The van der Waals surface area contributed by atoms with Crippen molar-refractivity contribution in [3.05, 3.63) is 77.7 Å². The number of aromatic hydroxyl groups is 1. The molecule has 0 bridgehead atoms. The van der Waals surface area contributed by atoms with Crippen LogP contribution in [0.4, 0.5) is 0 Å². The summed E-state index contributed by atoms with van der Waals surface area (Å²) in [5.74, 6) is 0.204. The number of aliphatic hydroxyl groups excluding tert-OH is 2. The van der Waals surface area contributed by atoms with Crippen molar-refractivity contribution in [1.29, 1.82) is 10.8 Å². The van der Waals surface area contributed by atoms with E-state index in [1.165, 1.54) is 0 Å². The monoisotopic (exact) mass is 422 g/mol. The quantitative estimate of drug-likeness (QED) is 0.385. The summed E-state index contributed by atoms with van der Waals surface area (Å²) in [4.78, 5) is 8.59. The van der Waals surface area contributed by atoms with Crippen LogP contribution < -0.4 is 0 Å². The standard InChI is InChI=1S/C13H12N2O.C10H14N2O.CH4O/c1-9(14)11-6-4-7-12(15-11)10-5-2-3-8-13(10)16;1-8(11)10-6-2-4-9(12-10)5-3-7-13;1-2/h2-8,14,16H,1H3;2,4,6,11,13H,3,5,7H2,1H3;2H,1H3. The molecule has 2 heterocycles. The number of hydrogen-bond donors (Lipinski definition) is 5. The Hall–Kier alpha value is -3.42. The Morgan fingerprint density at radius 1 is 0.806 bits per heavy atom. The smallest absolute Gasteiger partial charge is 0.124 e. The van der Waals surface area contributed by atoms with Gasteiger partial charge in [-0.2, -0.15) is 0 Å². The number of nitrogens with zero attached hydrogens (tertiary/aromatic N) is 2. The molecule has 0 saturated heterocycles. The van der Waals surface area contributed by atoms with Gasteiger partial charge in [-0.15, -0.1) is 0 Å². The number of nitrogens with one attached hydrogen (secondary N) is 2. The van der Waals surface area contributed by atoms with Crippen LogP contribution in [0.1, 0.15) is 37.4 Å². The van der Waals surface area contributed by atoms with Gasteiger partial charge in [0.1, 0.15) is 5.75 Å². The van der Waals surface area contributed by atoms with Crippen LogP contribution in [0.25, 0.3) is 11.3 Å². The maximum atomic E-state index is 9.70. The Morgan fingerprint density at radius 3 is 1.97 bits per heavy atom. The van der Waals surface area contributed by atoms with Crippen molar-refractivity contribution in [3.8, 4) is 17.0 Å². The number of aliphatic hydroxyl groups is 2. The second-order valence-corrected chi connectivity index (χ2v) is 6.52. The van der Waals surface area contributed by atoms with Gasteiger partial charge < -0.3 is 26.1 Å². The Bertz CT molecular complexity index is 990. The highest BCUT2D eigenvalue weighted by molar-refractivity contribution is 5.95. The van der Waals surface area contributed by atoms with Gasteiger partial charge in [-0.05, 0) is 63.1 Å². The van der Waals surface area contributed by atoms with Crippen LogP contribution in [0.15, 0.2) is 60.7 Å². The van der Waals surface area contributed by atoms with Gasteiger partial charge in [-0.1, -0.05) is 24.3 Å². The molecular formula is C24H30N4O3. The fraction of sp³-hybridized carbons (Fsp3) is 0.250. The Morgan fingerprint density at radius 2 is 1.39 bits per heavy atom. The van der Waals surface area contributed by atoms with E-state index in [-0.39, 0.29) is 12.4 Å². The second-order valence-electron chi connectivity index (χ2n) is 6.52. The van der Waals surface area contributed by atoms with Gasteiger partial charge in [0.2, 0.25) is 0 Å². The summed E-state index contributed by atoms with van der Waals surface area (Å²) in [5.41, 5.74) is 4.55. The lowest BCUT2D eigenvalue weighted by Gasteiger charge is -2.05. The van der Waals surface area contributed by atoms with E-state index in [9.17, 15) is 5.11 Å². The average Bonchev–Trinajstić information content (AvgIpc) is 2.80. The molecule has 0 fully saturated rings. The molecule has 0 radical (unpaired) electrons. The number of aryl methyl sites for hydroxylation is 1. The lowest BCUT2D eigenvalue weighted by molar-refractivity contribution is 0.288. The molecule has 0 aliphatic rings. The lowest BCUT2D eigenvalue weighted by atomic mass is 10.1. The fourth-order valence-electron chi connectivity index (χ4n) is 2.57. The van der Waals surface area contributed by atoms with Crippen molar-refractivity contribution in [3.63, 3.8) is 0 Å². The summed E-state index contributed by atoms with van der Waals surface area (Å²) < 4.78 is 0. The van der Waals surface area contributed by atoms with Crippen molar-refractivity contribution in [2.24, 2.45) is 0 Å². The Labute approximate surface area is 183 Å². The summed E-state index contributed by atoms with van der Waals surface area (Å²) in [6.45, 7) is 3.60. The summed E-state index contributed by atoms with van der Waals surface area (Å²) in [6, 6.07) is 18.1. The van der Waals surface area contributed by atoms with Gasteiger partial charge in [0.05, 0.1) is 28.5 Å². The van der Waals surface area contributed by atoms with Gasteiger partial charge in [0.15, 0.2) is 0 Å². The topological polar surface area (TPSA) is 134 Å². The van der Waals surface area contributed by atoms with Crippen molar-refractivity contribution < 1.29 is 15.3 Å². The molecule has 0 amide bonds. The third kappa shape index (κ3) is 8.46. The summed E-state index contributed by atoms with van der Waals surface area (Å²) in [7, 11) is 1.00. The molecule has 5 N–H and O–H groups in total. The van der Waals surface area contributed by atoms with Crippen LogP contribution in [0.5, 0.6) is 5.75 Å². The van der Waals surface area contributed by atoms with Crippen LogP contribution in [0, 0.1) is 10.8 Å². The summed E-state index contributed by atoms with van der Waals surface area (Å²) in [6.07, 6.45) is 1.51. The molecule has 0 unspecified atom stereocenters. The molecule has 0 atom stereocenters. The maximum absolute atomic E-state index is 9.70. The van der Waals surface area contributed by atoms with Crippen LogP contribution in [-0.2, 0) is 6.42 Å². The van der Waals surface area contributed by atoms with Gasteiger partial charge in [0, 0.05) is 25.0 Å². The highest BCUT2D eigenvalue weighted by Crippen LogP contribution is 2.26. The first-order chi connectivity index (χ1) is 14.9. The SMILES string of the molecule is CC(=N)c1cccc(-c2ccccc2O)n1.CC(=N)c1cccc(CCCO)n1.CO. The molecule has 164 valence electrons. The zero-order valence-electron chi connectivity index (χ0n) is 18.1. The molecular weight excluding hydrogens is 392 g/mol. The first-order valence-electron chi connectivity index (χ1n) is 9.80. The van der Waals surface area contributed by atoms with E-state index < -0.39 is 0 Å². The molecule has 0 aliphatic carbocycles. The molecule has 3 rings (SSSR count). The molecule has 31 heavy (non-hydrogen) atoms. The molecule has 1 aromatic carbocycles. The second kappa shape index (κ2) is 13.7. The molecule has 7 heteroatoms. The van der Waals surface area contributed by atoms with E-state index in [0.717, 1.165) is 31.3 Å². The number of rotatable bonds is 6. The number of phenolic OH excluding ortho intramolecular Hbond substituents is 1. The van der Waals surface area contributed by atoms with E-state index in [0.29, 0.717) is 28.4 Å². The minimum absolute atomic E-state index is 0.190. The molecule has 0 spiro atoms.